The second-order valence-electron chi connectivity index (χ2n) is 7.71. The van der Waals surface area contributed by atoms with Crippen LogP contribution in [0, 0.1) is 0 Å². The number of rotatable bonds is 6. The minimum atomic E-state index is -0.583. The van der Waals surface area contributed by atoms with Gasteiger partial charge in [-0.25, -0.2) is 0 Å². The quantitative estimate of drug-likeness (QED) is 0.498. The van der Waals surface area contributed by atoms with Crippen LogP contribution in [0.3, 0.4) is 0 Å². The monoisotopic (exact) mass is 316 g/mol. The molecule has 1 atom stereocenters. The summed E-state index contributed by atoms with van der Waals surface area (Å²) in [7, 11) is 1.23. The molecule has 0 aliphatic rings. The Bertz CT molecular complexity index is 527. The molecule has 0 aliphatic heterocycles. The molecule has 0 heterocycles. The van der Waals surface area contributed by atoms with Gasteiger partial charge in [-0.15, -0.1) is 0 Å². The number of esters is 1. The summed E-state index contributed by atoms with van der Waals surface area (Å²) in [5, 5.41) is 2.82. The van der Waals surface area contributed by atoms with Crippen LogP contribution >= 0.6 is 0 Å². The third kappa shape index (κ3) is 7.00. The average molecular weight is 316 g/mol. The Balaban J connectivity index is 2.84. The fraction of sp³-hybridized carbons (Fsp3) is 0.556. The van der Waals surface area contributed by atoms with Crippen LogP contribution in [0.1, 0.15) is 52.7 Å². The predicted molar refractivity (Wildman–Crippen MR) is 94.1 cm³/mol. The van der Waals surface area contributed by atoms with Gasteiger partial charge in [-0.05, 0) is 43.7 Å². The molecule has 0 saturated heterocycles. The molecule has 1 N–H and O–H groups in total. The number of hydrogen-bond donors (Lipinski definition) is 1. The van der Waals surface area contributed by atoms with Crippen molar-refractivity contribution in [3.8, 4) is 0 Å². The molecule has 0 aromatic heterocycles. The van der Waals surface area contributed by atoms with E-state index in [1.165, 1.54) is 13.0 Å². The molecule has 4 nitrogen and oxygen atoms in total. The van der Waals surface area contributed by atoms with Crippen LogP contribution in [0.2, 0.25) is 0 Å². The highest BCUT2D eigenvalue weighted by molar-refractivity contribution is 6.64. The summed E-state index contributed by atoms with van der Waals surface area (Å²) in [5.74, 6) is -0.365. The summed E-state index contributed by atoms with van der Waals surface area (Å²) >= 11 is 0. The van der Waals surface area contributed by atoms with Crippen molar-refractivity contribution < 1.29 is 14.3 Å². The van der Waals surface area contributed by atoms with Crippen LogP contribution in [0.4, 0.5) is 0 Å². The SMILES string of the molecule is CC(C)(C)OC(=O)[C@H](Cc1ccc(C(C)(C)C)cc1)N[B]C=O. The first-order valence-electron chi connectivity index (χ1n) is 7.88. The second-order valence-corrected chi connectivity index (χ2v) is 7.71. The van der Waals surface area contributed by atoms with E-state index in [1.54, 1.807) is 0 Å². The van der Waals surface area contributed by atoms with Gasteiger partial charge < -0.3 is 14.8 Å². The molecule has 125 valence electrons. The number of ether oxygens (including phenoxy) is 1. The number of hydrogen-bond acceptors (Lipinski definition) is 4. The molecule has 0 amide bonds. The van der Waals surface area contributed by atoms with Crippen molar-refractivity contribution in [2.75, 3.05) is 0 Å². The van der Waals surface area contributed by atoms with Gasteiger partial charge in [0.2, 0.25) is 0 Å². The molecule has 1 rings (SSSR count). The lowest BCUT2D eigenvalue weighted by molar-refractivity contribution is -0.156. The molecule has 0 saturated carbocycles. The van der Waals surface area contributed by atoms with E-state index in [0.717, 1.165) is 5.56 Å². The van der Waals surface area contributed by atoms with E-state index < -0.39 is 11.6 Å². The Hall–Kier alpha value is -1.62. The summed E-state index contributed by atoms with van der Waals surface area (Å²) in [6, 6.07) is 7.59. The second kappa shape index (κ2) is 7.78. The number of carbonyl (C=O) groups is 2. The summed E-state index contributed by atoms with van der Waals surface area (Å²) < 4.78 is 5.41. The number of benzene rings is 1. The van der Waals surface area contributed by atoms with Gasteiger partial charge in [-0.1, -0.05) is 45.0 Å². The van der Waals surface area contributed by atoms with E-state index in [4.69, 9.17) is 4.74 Å². The smallest absolute Gasteiger partial charge is 0.322 e. The van der Waals surface area contributed by atoms with Crippen molar-refractivity contribution in [2.45, 2.75) is 65.0 Å². The summed E-state index contributed by atoms with van der Waals surface area (Å²) in [4.78, 5) is 22.8. The summed E-state index contributed by atoms with van der Waals surface area (Å²) in [6.07, 6.45) is 1.09. The minimum absolute atomic E-state index is 0.0899. The lowest BCUT2D eigenvalue weighted by atomic mass is 9.86. The Kier molecular flexibility index (Phi) is 6.57. The highest BCUT2D eigenvalue weighted by Crippen LogP contribution is 2.22. The zero-order chi connectivity index (χ0) is 17.7. The molecule has 5 heteroatoms. The normalized spacial score (nSPS) is 13.3. The molecular weight excluding hydrogens is 289 g/mol. The van der Waals surface area contributed by atoms with Gasteiger partial charge in [0.15, 0.2) is 0 Å². The minimum Gasteiger partial charge on any atom is -0.459 e. The fourth-order valence-corrected chi connectivity index (χ4v) is 2.12. The highest BCUT2D eigenvalue weighted by Gasteiger charge is 2.25. The van der Waals surface area contributed by atoms with Gasteiger partial charge in [0.05, 0.1) is 6.19 Å². The van der Waals surface area contributed by atoms with Gasteiger partial charge in [0.1, 0.15) is 11.6 Å². The number of carbonyl (C=O) groups excluding carboxylic acids is 2. The van der Waals surface area contributed by atoms with Crippen molar-refractivity contribution in [1.29, 1.82) is 0 Å². The van der Waals surface area contributed by atoms with Crippen molar-refractivity contribution in [3.63, 3.8) is 0 Å². The molecular formula is C18H27BNO3. The van der Waals surface area contributed by atoms with Crippen molar-refractivity contribution >= 4 is 19.6 Å². The van der Waals surface area contributed by atoms with E-state index in [2.05, 4.69) is 38.1 Å². The van der Waals surface area contributed by atoms with Crippen LogP contribution in [0.5, 0.6) is 0 Å². The number of nitrogens with one attached hydrogen (secondary N) is 1. The van der Waals surface area contributed by atoms with Crippen LogP contribution in [-0.4, -0.2) is 31.2 Å². The predicted octanol–water partition coefficient (Wildman–Crippen LogP) is 2.64. The first-order chi connectivity index (χ1) is 10.5. The molecule has 23 heavy (non-hydrogen) atoms. The van der Waals surface area contributed by atoms with E-state index in [1.807, 2.05) is 32.9 Å². The summed E-state index contributed by atoms with van der Waals surface area (Å²) in [6.45, 7) is 11.9. The van der Waals surface area contributed by atoms with Crippen molar-refractivity contribution in [1.82, 2.24) is 5.23 Å². The van der Waals surface area contributed by atoms with E-state index >= 15 is 0 Å². The van der Waals surface area contributed by atoms with Gasteiger partial charge in [-0.2, -0.15) is 0 Å². The molecule has 0 spiro atoms. The highest BCUT2D eigenvalue weighted by atomic mass is 16.6. The summed E-state index contributed by atoms with van der Waals surface area (Å²) in [5.41, 5.74) is 1.78. The van der Waals surface area contributed by atoms with Crippen LogP contribution in [-0.2, 0) is 26.2 Å². The maximum absolute atomic E-state index is 12.3. The first-order valence-corrected chi connectivity index (χ1v) is 7.88. The Morgan fingerprint density at radius 3 is 2.17 bits per heavy atom. The lowest BCUT2D eigenvalue weighted by Gasteiger charge is -2.24. The average Bonchev–Trinajstić information content (AvgIpc) is 2.41. The molecule has 0 unspecified atom stereocenters. The molecule has 0 fully saturated rings. The largest absolute Gasteiger partial charge is 0.459 e. The molecule has 1 aromatic rings. The van der Waals surface area contributed by atoms with Gasteiger partial charge in [0.25, 0.3) is 7.41 Å². The van der Waals surface area contributed by atoms with Crippen LogP contribution in [0.15, 0.2) is 24.3 Å². The topological polar surface area (TPSA) is 55.4 Å². The van der Waals surface area contributed by atoms with E-state index in [-0.39, 0.29) is 11.4 Å². The zero-order valence-electron chi connectivity index (χ0n) is 15.0. The Morgan fingerprint density at radius 2 is 1.74 bits per heavy atom. The van der Waals surface area contributed by atoms with Gasteiger partial charge in [-0.3, -0.25) is 4.79 Å². The zero-order valence-corrected chi connectivity index (χ0v) is 15.0. The Morgan fingerprint density at radius 1 is 1.17 bits per heavy atom. The van der Waals surface area contributed by atoms with E-state index in [0.29, 0.717) is 12.6 Å². The van der Waals surface area contributed by atoms with Gasteiger partial charge >= 0.3 is 5.97 Å². The van der Waals surface area contributed by atoms with Crippen molar-refractivity contribution in [3.05, 3.63) is 35.4 Å². The maximum atomic E-state index is 12.3. The third-order valence-corrected chi connectivity index (χ3v) is 3.32. The van der Waals surface area contributed by atoms with Crippen LogP contribution < -0.4 is 5.23 Å². The Labute approximate surface area is 140 Å². The van der Waals surface area contributed by atoms with Crippen molar-refractivity contribution in [2.24, 2.45) is 0 Å². The molecule has 0 aliphatic carbocycles. The van der Waals surface area contributed by atoms with Gasteiger partial charge in [0, 0.05) is 0 Å². The third-order valence-electron chi connectivity index (χ3n) is 3.32. The van der Waals surface area contributed by atoms with E-state index in [9.17, 15) is 9.59 Å². The lowest BCUT2D eigenvalue weighted by Crippen LogP contribution is -2.44. The van der Waals surface area contributed by atoms with Crippen LogP contribution in [0.25, 0.3) is 0 Å². The molecule has 1 aromatic carbocycles. The maximum Gasteiger partial charge on any atom is 0.322 e. The standard InChI is InChI=1S/C18H27BNO3/c1-17(2,3)14-9-7-13(8-10-14)11-15(20-19-12-21)16(22)23-18(4,5)6/h7-10,12,15,20H,11H2,1-6H3/t15-/m0/s1. The molecule has 1 radical (unpaired) electrons. The first kappa shape index (κ1) is 19.4. The molecule has 0 bridgehead atoms. The fourth-order valence-electron chi connectivity index (χ4n) is 2.12.